The number of nitrogens with zero attached hydrogens (tertiary/aromatic N) is 2. The standard InChI is InChI=1S/C25H26F2N2/c1-18-5-2-6-20(13-18)16-29-12-4-7-21(17-29)25-11-10-19(15-28-25)14-22-23(26)8-3-9-24(22)27/h2-3,5-6,8-11,13,15,21H,4,7,12,14,16-17H2,1H3/t21-/m1/s1. The second-order valence-electron chi connectivity index (χ2n) is 8.03. The molecule has 1 aliphatic heterocycles. The van der Waals surface area contributed by atoms with Gasteiger partial charge in [-0.3, -0.25) is 9.88 Å². The molecule has 150 valence electrons. The summed E-state index contributed by atoms with van der Waals surface area (Å²) in [6.07, 6.45) is 4.26. The van der Waals surface area contributed by atoms with Crippen molar-refractivity contribution in [3.63, 3.8) is 0 Å². The van der Waals surface area contributed by atoms with Crippen LogP contribution in [-0.4, -0.2) is 23.0 Å². The van der Waals surface area contributed by atoms with Gasteiger partial charge in [-0.25, -0.2) is 8.78 Å². The third kappa shape index (κ3) is 4.88. The molecule has 4 heteroatoms. The van der Waals surface area contributed by atoms with Crippen molar-refractivity contribution in [2.24, 2.45) is 0 Å². The van der Waals surface area contributed by atoms with Gasteiger partial charge >= 0.3 is 0 Å². The van der Waals surface area contributed by atoms with Crippen LogP contribution in [0.25, 0.3) is 0 Å². The van der Waals surface area contributed by atoms with Gasteiger partial charge in [0, 0.05) is 42.9 Å². The van der Waals surface area contributed by atoms with E-state index in [1.165, 1.54) is 29.3 Å². The van der Waals surface area contributed by atoms with E-state index in [9.17, 15) is 8.78 Å². The van der Waals surface area contributed by atoms with Gasteiger partial charge in [-0.1, -0.05) is 42.0 Å². The van der Waals surface area contributed by atoms with Gasteiger partial charge in [-0.2, -0.15) is 0 Å². The fraction of sp³-hybridized carbons (Fsp3) is 0.320. The molecular formula is C25H26F2N2. The molecule has 1 atom stereocenters. The normalized spacial score (nSPS) is 17.4. The number of piperidine rings is 1. The number of aryl methyl sites for hydroxylation is 1. The molecule has 0 amide bonds. The highest BCUT2D eigenvalue weighted by molar-refractivity contribution is 5.28. The maximum absolute atomic E-state index is 13.9. The molecule has 0 aliphatic carbocycles. The number of hydrogen-bond acceptors (Lipinski definition) is 2. The van der Waals surface area contributed by atoms with Crippen LogP contribution in [0.15, 0.2) is 60.8 Å². The first-order chi connectivity index (χ1) is 14.1. The van der Waals surface area contributed by atoms with Gasteiger partial charge in [-0.05, 0) is 55.6 Å². The molecule has 0 unspecified atom stereocenters. The summed E-state index contributed by atoms with van der Waals surface area (Å²) in [7, 11) is 0. The Labute approximate surface area is 171 Å². The number of aromatic nitrogens is 1. The summed E-state index contributed by atoms with van der Waals surface area (Å²) < 4.78 is 27.8. The van der Waals surface area contributed by atoms with Crippen LogP contribution in [0.3, 0.4) is 0 Å². The molecule has 1 saturated heterocycles. The van der Waals surface area contributed by atoms with Crippen molar-refractivity contribution in [1.29, 1.82) is 0 Å². The van der Waals surface area contributed by atoms with Crippen molar-refractivity contribution >= 4 is 0 Å². The van der Waals surface area contributed by atoms with Crippen LogP contribution in [0.2, 0.25) is 0 Å². The molecule has 2 nitrogen and oxygen atoms in total. The molecule has 0 radical (unpaired) electrons. The van der Waals surface area contributed by atoms with Gasteiger partial charge in [0.2, 0.25) is 0 Å². The van der Waals surface area contributed by atoms with Crippen LogP contribution >= 0.6 is 0 Å². The Kier molecular flexibility index (Phi) is 6.00. The van der Waals surface area contributed by atoms with Gasteiger partial charge in [0.1, 0.15) is 11.6 Å². The predicted molar refractivity (Wildman–Crippen MR) is 112 cm³/mol. The molecule has 4 rings (SSSR count). The highest BCUT2D eigenvalue weighted by Crippen LogP contribution is 2.27. The monoisotopic (exact) mass is 392 g/mol. The molecule has 1 aromatic heterocycles. The largest absolute Gasteiger partial charge is 0.298 e. The maximum atomic E-state index is 13.9. The Bertz CT molecular complexity index is 949. The van der Waals surface area contributed by atoms with E-state index < -0.39 is 11.6 Å². The van der Waals surface area contributed by atoms with Crippen molar-refractivity contribution in [2.45, 2.75) is 38.6 Å². The molecule has 1 aliphatic rings. The molecule has 1 fully saturated rings. The van der Waals surface area contributed by atoms with Crippen molar-refractivity contribution in [1.82, 2.24) is 9.88 Å². The van der Waals surface area contributed by atoms with Crippen molar-refractivity contribution in [3.8, 4) is 0 Å². The number of benzene rings is 2. The third-order valence-electron chi connectivity index (χ3n) is 5.70. The number of hydrogen-bond donors (Lipinski definition) is 0. The minimum Gasteiger partial charge on any atom is -0.298 e. The molecule has 3 aromatic rings. The third-order valence-corrected chi connectivity index (χ3v) is 5.70. The zero-order valence-electron chi connectivity index (χ0n) is 16.7. The quantitative estimate of drug-likeness (QED) is 0.559. The molecule has 2 aromatic carbocycles. The minimum atomic E-state index is -0.506. The summed E-state index contributed by atoms with van der Waals surface area (Å²) in [4.78, 5) is 7.14. The average Bonchev–Trinajstić information content (AvgIpc) is 2.72. The topological polar surface area (TPSA) is 16.1 Å². The van der Waals surface area contributed by atoms with Crippen molar-refractivity contribution in [2.75, 3.05) is 13.1 Å². The number of pyridine rings is 1. The first kappa shape index (κ1) is 19.7. The van der Waals surface area contributed by atoms with E-state index in [0.29, 0.717) is 5.92 Å². The lowest BCUT2D eigenvalue weighted by atomic mass is 9.93. The predicted octanol–water partition coefficient (Wildman–Crippen LogP) is 5.64. The smallest absolute Gasteiger partial charge is 0.129 e. The van der Waals surface area contributed by atoms with Gasteiger partial charge in [0.25, 0.3) is 0 Å². The van der Waals surface area contributed by atoms with Gasteiger partial charge in [0.05, 0.1) is 0 Å². The molecule has 0 spiro atoms. The molecule has 0 bridgehead atoms. The second kappa shape index (κ2) is 8.83. The Morgan fingerprint density at radius 1 is 1.00 bits per heavy atom. The van der Waals surface area contributed by atoms with E-state index in [4.69, 9.17) is 0 Å². The van der Waals surface area contributed by atoms with E-state index in [1.54, 1.807) is 6.20 Å². The Morgan fingerprint density at radius 2 is 1.79 bits per heavy atom. The Morgan fingerprint density at radius 3 is 2.52 bits per heavy atom. The highest BCUT2D eigenvalue weighted by Gasteiger charge is 2.22. The summed E-state index contributed by atoms with van der Waals surface area (Å²) in [5.74, 6) is -0.617. The van der Waals surface area contributed by atoms with E-state index in [1.807, 2.05) is 12.1 Å². The van der Waals surface area contributed by atoms with Crippen LogP contribution in [0.4, 0.5) is 8.78 Å². The van der Waals surface area contributed by atoms with Crippen molar-refractivity contribution in [3.05, 3.63) is 100 Å². The second-order valence-corrected chi connectivity index (χ2v) is 8.03. The fourth-order valence-electron chi connectivity index (χ4n) is 4.20. The Balaban J connectivity index is 1.42. The molecular weight excluding hydrogens is 366 g/mol. The Hall–Kier alpha value is -2.59. The van der Waals surface area contributed by atoms with E-state index >= 15 is 0 Å². The summed E-state index contributed by atoms with van der Waals surface area (Å²) in [5, 5.41) is 0. The van der Waals surface area contributed by atoms with Crippen LogP contribution in [-0.2, 0) is 13.0 Å². The highest BCUT2D eigenvalue weighted by atomic mass is 19.1. The number of rotatable bonds is 5. The first-order valence-electron chi connectivity index (χ1n) is 10.2. The van der Waals surface area contributed by atoms with E-state index in [2.05, 4.69) is 41.1 Å². The number of likely N-dealkylation sites (tertiary alicyclic amines) is 1. The fourth-order valence-corrected chi connectivity index (χ4v) is 4.20. The molecule has 0 saturated carbocycles. The molecule has 2 heterocycles. The van der Waals surface area contributed by atoms with Gasteiger partial charge in [-0.15, -0.1) is 0 Å². The lowest BCUT2D eigenvalue weighted by Crippen LogP contribution is -2.34. The van der Waals surface area contributed by atoms with Gasteiger partial charge < -0.3 is 0 Å². The van der Waals surface area contributed by atoms with Crippen LogP contribution in [0.1, 0.15) is 46.7 Å². The van der Waals surface area contributed by atoms with E-state index in [-0.39, 0.29) is 12.0 Å². The van der Waals surface area contributed by atoms with Crippen LogP contribution in [0.5, 0.6) is 0 Å². The molecule has 0 N–H and O–H groups in total. The van der Waals surface area contributed by atoms with E-state index in [0.717, 1.165) is 43.7 Å². The zero-order valence-corrected chi connectivity index (χ0v) is 16.7. The minimum absolute atomic E-state index is 0.101. The number of halogens is 2. The van der Waals surface area contributed by atoms with Crippen molar-refractivity contribution < 1.29 is 8.78 Å². The first-order valence-corrected chi connectivity index (χ1v) is 10.2. The van der Waals surface area contributed by atoms with Gasteiger partial charge in [0.15, 0.2) is 0 Å². The SMILES string of the molecule is Cc1cccc(CN2CCC[C@@H](c3ccc(Cc4c(F)cccc4F)cn3)C2)c1. The lowest BCUT2D eigenvalue weighted by molar-refractivity contribution is 0.198. The summed E-state index contributed by atoms with van der Waals surface area (Å²) in [5.41, 5.74) is 4.63. The summed E-state index contributed by atoms with van der Waals surface area (Å²) >= 11 is 0. The molecule has 29 heavy (non-hydrogen) atoms. The lowest BCUT2D eigenvalue weighted by Gasteiger charge is -2.32. The zero-order chi connectivity index (χ0) is 20.2. The van der Waals surface area contributed by atoms with Crippen LogP contribution in [0, 0.1) is 18.6 Å². The summed E-state index contributed by atoms with van der Waals surface area (Å²) in [6, 6.07) is 16.6. The summed E-state index contributed by atoms with van der Waals surface area (Å²) in [6.45, 7) is 5.18. The maximum Gasteiger partial charge on any atom is 0.129 e. The van der Waals surface area contributed by atoms with Crippen LogP contribution < -0.4 is 0 Å². The average molecular weight is 392 g/mol.